The number of furan rings is 1. The van der Waals surface area contributed by atoms with E-state index >= 15 is 0 Å². The number of para-hydroxylation sites is 4. The first-order valence-corrected chi connectivity index (χ1v) is 15.4. The molecule has 0 spiro atoms. The maximum atomic E-state index is 6.64. The van der Waals surface area contributed by atoms with Crippen LogP contribution in [0.15, 0.2) is 162 Å². The lowest BCUT2D eigenvalue weighted by Crippen LogP contribution is -1.98. The maximum absolute atomic E-state index is 6.64. The molecule has 3 heterocycles. The Kier molecular flexibility index (Phi) is 5.00. The van der Waals surface area contributed by atoms with Crippen molar-refractivity contribution in [2.24, 2.45) is 0 Å². The molecule has 10 aromatic rings. The monoisotopic (exact) mass is 574 g/mol. The van der Waals surface area contributed by atoms with Crippen LogP contribution >= 0.6 is 0 Å². The highest BCUT2D eigenvalue weighted by atomic mass is 16.3. The number of fused-ring (bicyclic) bond motifs is 10. The molecule has 7 aromatic carbocycles. The molecule has 0 saturated carbocycles. The zero-order valence-electron chi connectivity index (χ0n) is 24.3. The number of hydrogen-bond donors (Lipinski definition) is 0. The van der Waals surface area contributed by atoms with Crippen LogP contribution in [0.25, 0.3) is 88.1 Å². The maximum Gasteiger partial charge on any atom is 0.145 e. The Bertz CT molecular complexity index is 2710. The van der Waals surface area contributed by atoms with Crippen LogP contribution in [0.4, 0.5) is 0 Å². The van der Waals surface area contributed by atoms with Crippen LogP contribution in [0.1, 0.15) is 0 Å². The minimum absolute atomic E-state index is 0.910. The Morgan fingerprint density at radius 2 is 1.04 bits per heavy atom. The smallest absolute Gasteiger partial charge is 0.145 e. The molecule has 0 saturated heterocycles. The summed E-state index contributed by atoms with van der Waals surface area (Å²) < 4.78 is 11.5. The summed E-state index contributed by atoms with van der Waals surface area (Å²) in [5, 5.41) is 7.10. The van der Waals surface area contributed by atoms with E-state index in [1.807, 2.05) is 6.07 Å². The third-order valence-corrected chi connectivity index (χ3v) is 9.33. The lowest BCUT2D eigenvalue weighted by Gasteiger charge is -2.15. The van der Waals surface area contributed by atoms with Crippen molar-refractivity contribution < 1.29 is 4.42 Å². The average molecular weight is 575 g/mol. The molecule has 45 heavy (non-hydrogen) atoms. The molecule has 0 atom stereocenters. The minimum Gasteiger partial charge on any atom is -0.455 e. The molecule has 0 aliphatic carbocycles. The van der Waals surface area contributed by atoms with Gasteiger partial charge < -0.3 is 13.6 Å². The lowest BCUT2D eigenvalue weighted by molar-refractivity contribution is 0.673. The van der Waals surface area contributed by atoms with Crippen molar-refractivity contribution in [3.8, 4) is 22.5 Å². The summed E-state index contributed by atoms with van der Waals surface area (Å²) in [4.78, 5) is 0. The molecule has 0 unspecified atom stereocenters. The number of nitrogens with zero attached hydrogens (tertiary/aromatic N) is 2. The highest BCUT2D eigenvalue weighted by Gasteiger charge is 2.21. The van der Waals surface area contributed by atoms with Crippen LogP contribution < -0.4 is 0 Å². The largest absolute Gasteiger partial charge is 0.455 e. The summed E-state index contributed by atoms with van der Waals surface area (Å²) in [6.07, 6.45) is 0. The molecule has 0 aliphatic rings. The molecular weight excluding hydrogens is 548 g/mol. The first-order valence-electron chi connectivity index (χ1n) is 15.4. The second kappa shape index (κ2) is 9.22. The van der Waals surface area contributed by atoms with E-state index in [9.17, 15) is 0 Å². The van der Waals surface area contributed by atoms with E-state index in [0.717, 1.165) is 49.7 Å². The van der Waals surface area contributed by atoms with E-state index < -0.39 is 0 Å². The highest BCUT2D eigenvalue weighted by molar-refractivity contribution is 6.24. The fourth-order valence-electron chi connectivity index (χ4n) is 7.40. The van der Waals surface area contributed by atoms with E-state index in [-0.39, 0.29) is 0 Å². The molecular formula is C42H26N2O. The van der Waals surface area contributed by atoms with Crippen LogP contribution in [-0.2, 0) is 0 Å². The fourth-order valence-corrected chi connectivity index (χ4v) is 7.40. The summed E-state index contributed by atoms with van der Waals surface area (Å²) in [6, 6.07) is 56.5. The molecule has 0 radical (unpaired) electrons. The van der Waals surface area contributed by atoms with Crippen LogP contribution in [0.5, 0.6) is 0 Å². The van der Waals surface area contributed by atoms with Gasteiger partial charge in [0.1, 0.15) is 11.2 Å². The SMILES string of the molecule is c1ccc(-c2ccccc2-n2c3cc(-n4c5ccccc5c5ccccc54)ccc3c3c4oc5ccccc5c4ccc32)cc1. The minimum atomic E-state index is 0.910. The quantitative estimate of drug-likeness (QED) is 0.206. The predicted octanol–water partition coefficient (Wildman–Crippen LogP) is 11.4. The van der Waals surface area contributed by atoms with Gasteiger partial charge in [0.25, 0.3) is 0 Å². The molecule has 0 N–H and O–H groups in total. The standard InChI is InChI=1S/C42H26N2O/c1-2-12-27(13-3-1)29-14-4-8-18-35(29)44-38-25-24-33-32-17-7-11-21-40(32)45-42(33)41(38)34-23-22-28(26-39(34)44)43-36-19-9-5-15-30(36)31-16-6-10-20-37(31)43/h1-26H. The van der Waals surface area contributed by atoms with Gasteiger partial charge in [0.2, 0.25) is 0 Å². The molecule has 0 bridgehead atoms. The summed E-state index contributed by atoms with van der Waals surface area (Å²) in [5.74, 6) is 0. The number of rotatable bonds is 3. The number of hydrogen-bond acceptors (Lipinski definition) is 1. The summed E-state index contributed by atoms with van der Waals surface area (Å²) in [5.41, 5.74) is 11.1. The van der Waals surface area contributed by atoms with Crippen molar-refractivity contribution in [3.63, 3.8) is 0 Å². The Morgan fingerprint density at radius 3 is 1.84 bits per heavy atom. The van der Waals surface area contributed by atoms with Gasteiger partial charge in [-0.3, -0.25) is 0 Å². The normalized spacial score (nSPS) is 12.0. The number of aromatic nitrogens is 2. The summed E-state index contributed by atoms with van der Waals surface area (Å²) in [7, 11) is 0. The Balaban J connectivity index is 1.37. The average Bonchev–Trinajstić information content (AvgIpc) is 3.76. The van der Waals surface area contributed by atoms with Gasteiger partial charge in [-0.1, -0.05) is 103 Å². The molecule has 3 heteroatoms. The lowest BCUT2D eigenvalue weighted by atomic mass is 10.0. The Labute approximate surface area is 258 Å². The van der Waals surface area contributed by atoms with Gasteiger partial charge in [-0.25, -0.2) is 0 Å². The van der Waals surface area contributed by atoms with Gasteiger partial charge in [-0.15, -0.1) is 0 Å². The third kappa shape index (κ3) is 3.41. The van der Waals surface area contributed by atoms with E-state index in [1.165, 1.54) is 38.3 Å². The van der Waals surface area contributed by atoms with Gasteiger partial charge in [0.05, 0.1) is 33.1 Å². The zero-order chi connectivity index (χ0) is 29.5. The van der Waals surface area contributed by atoms with Gasteiger partial charge in [-0.2, -0.15) is 0 Å². The fraction of sp³-hybridized carbons (Fsp3) is 0. The predicted molar refractivity (Wildman–Crippen MR) is 188 cm³/mol. The van der Waals surface area contributed by atoms with E-state index in [2.05, 4.69) is 161 Å². The second-order valence-corrected chi connectivity index (χ2v) is 11.7. The van der Waals surface area contributed by atoms with Gasteiger partial charge >= 0.3 is 0 Å². The van der Waals surface area contributed by atoms with Gasteiger partial charge in [-0.05, 0) is 60.2 Å². The Hall–Kier alpha value is -6.06. The molecule has 3 aromatic heterocycles. The molecule has 0 fully saturated rings. The van der Waals surface area contributed by atoms with E-state index in [4.69, 9.17) is 4.42 Å². The molecule has 0 aliphatic heterocycles. The zero-order valence-corrected chi connectivity index (χ0v) is 24.3. The van der Waals surface area contributed by atoms with Crippen molar-refractivity contribution in [2.75, 3.05) is 0 Å². The van der Waals surface area contributed by atoms with E-state index in [0.29, 0.717) is 0 Å². The topological polar surface area (TPSA) is 23.0 Å². The van der Waals surface area contributed by atoms with Crippen LogP contribution in [0.3, 0.4) is 0 Å². The summed E-state index contributed by atoms with van der Waals surface area (Å²) >= 11 is 0. The highest BCUT2D eigenvalue weighted by Crippen LogP contribution is 2.43. The second-order valence-electron chi connectivity index (χ2n) is 11.7. The molecule has 0 amide bonds. The molecule has 10 rings (SSSR count). The van der Waals surface area contributed by atoms with Crippen molar-refractivity contribution in [1.82, 2.24) is 9.13 Å². The van der Waals surface area contributed by atoms with Crippen LogP contribution in [-0.4, -0.2) is 9.13 Å². The Morgan fingerprint density at radius 1 is 0.400 bits per heavy atom. The first-order chi connectivity index (χ1) is 22.3. The van der Waals surface area contributed by atoms with Crippen molar-refractivity contribution >= 4 is 65.6 Å². The van der Waals surface area contributed by atoms with Crippen LogP contribution in [0, 0.1) is 0 Å². The van der Waals surface area contributed by atoms with E-state index in [1.54, 1.807) is 0 Å². The first kappa shape index (κ1) is 24.4. The van der Waals surface area contributed by atoms with Crippen LogP contribution in [0.2, 0.25) is 0 Å². The molecule has 210 valence electrons. The van der Waals surface area contributed by atoms with Crippen molar-refractivity contribution in [2.45, 2.75) is 0 Å². The summed E-state index contributed by atoms with van der Waals surface area (Å²) in [6.45, 7) is 0. The van der Waals surface area contributed by atoms with Crippen molar-refractivity contribution in [1.29, 1.82) is 0 Å². The van der Waals surface area contributed by atoms with Crippen molar-refractivity contribution in [3.05, 3.63) is 158 Å². The van der Waals surface area contributed by atoms with Gasteiger partial charge in [0.15, 0.2) is 0 Å². The number of benzene rings is 7. The molecule has 3 nitrogen and oxygen atoms in total. The third-order valence-electron chi connectivity index (χ3n) is 9.33. The van der Waals surface area contributed by atoms with Gasteiger partial charge in [0, 0.05) is 38.2 Å².